The number of nitrogens with zero attached hydrogens (tertiary/aromatic N) is 5. The number of halogens is 1. The monoisotopic (exact) mass is 581 g/mol. The molecule has 1 amide bonds. The highest BCUT2D eigenvalue weighted by atomic mass is 19.1. The minimum absolute atomic E-state index is 0.144. The van der Waals surface area contributed by atoms with E-state index in [1.54, 1.807) is 56.7 Å². The van der Waals surface area contributed by atoms with Crippen molar-refractivity contribution in [2.75, 3.05) is 5.32 Å². The second-order valence-electron chi connectivity index (χ2n) is 10.0. The van der Waals surface area contributed by atoms with Gasteiger partial charge in [0.2, 0.25) is 0 Å². The molecule has 0 radical (unpaired) electrons. The van der Waals surface area contributed by atoms with Crippen LogP contribution in [0.2, 0.25) is 0 Å². The number of pyridine rings is 1. The fourth-order valence-electron chi connectivity index (χ4n) is 4.36. The SMILES string of the molecule is CC(C)n1cc(C(=O)Nc2ccc(Oc3cc(-c4cn(C)cn4)cnc3CC=N)cc2)c(=O)n(-c2ccc(F)cc2)c1=O. The van der Waals surface area contributed by atoms with Gasteiger partial charge in [0.25, 0.3) is 11.5 Å². The highest BCUT2D eigenvalue weighted by molar-refractivity contribution is 6.03. The molecular formula is C31H28FN7O4. The summed E-state index contributed by atoms with van der Waals surface area (Å²) in [5.74, 6) is -0.327. The van der Waals surface area contributed by atoms with Gasteiger partial charge in [-0.05, 0) is 68.4 Å². The van der Waals surface area contributed by atoms with Crippen LogP contribution < -0.4 is 21.3 Å². The Kier molecular flexibility index (Phi) is 8.10. The Morgan fingerprint density at radius 3 is 2.42 bits per heavy atom. The van der Waals surface area contributed by atoms with Gasteiger partial charge in [-0.2, -0.15) is 0 Å². The number of ether oxygens (including phenoxy) is 1. The van der Waals surface area contributed by atoms with Crippen molar-refractivity contribution in [2.24, 2.45) is 7.05 Å². The van der Waals surface area contributed by atoms with E-state index in [2.05, 4.69) is 15.3 Å². The predicted octanol–water partition coefficient (Wildman–Crippen LogP) is 4.75. The van der Waals surface area contributed by atoms with Crippen molar-refractivity contribution >= 4 is 17.8 Å². The average molecular weight is 582 g/mol. The van der Waals surface area contributed by atoms with E-state index < -0.39 is 23.0 Å². The number of anilines is 1. The molecule has 3 aromatic heterocycles. The number of imidazole rings is 1. The summed E-state index contributed by atoms with van der Waals surface area (Å²) < 4.78 is 23.5. The van der Waals surface area contributed by atoms with E-state index >= 15 is 0 Å². The largest absolute Gasteiger partial charge is 0.455 e. The van der Waals surface area contributed by atoms with Crippen LogP contribution in [0.25, 0.3) is 16.9 Å². The van der Waals surface area contributed by atoms with Crippen molar-refractivity contribution in [3.05, 3.63) is 117 Å². The maximum atomic E-state index is 13.5. The van der Waals surface area contributed by atoms with Gasteiger partial charge in [0.05, 0.1) is 23.4 Å². The van der Waals surface area contributed by atoms with E-state index in [0.717, 1.165) is 28.0 Å². The van der Waals surface area contributed by atoms with Crippen molar-refractivity contribution in [1.29, 1.82) is 5.41 Å². The highest BCUT2D eigenvalue weighted by Gasteiger charge is 2.20. The van der Waals surface area contributed by atoms with E-state index in [0.29, 0.717) is 22.9 Å². The van der Waals surface area contributed by atoms with Crippen LogP contribution in [-0.4, -0.2) is 35.8 Å². The van der Waals surface area contributed by atoms with Crippen molar-refractivity contribution in [3.63, 3.8) is 0 Å². The molecular weight excluding hydrogens is 553 g/mol. The van der Waals surface area contributed by atoms with Gasteiger partial charge in [-0.3, -0.25) is 19.1 Å². The maximum Gasteiger partial charge on any atom is 0.335 e. The number of nitrogens with one attached hydrogen (secondary N) is 2. The third-order valence-corrected chi connectivity index (χ3v) is 6.57. The van der Waals surface area contributed by atoms with Gasteiger partial charge in [-0.15, -0.1) is 0 Å². The third kappa shape index (κ3) is 6.17. The number of amides is 1. The molecule has 5 aromatic rings. The molecule has 2 aromatic carbocycles. The normalized spacial score (nSPS) is 11.0. The summed E-state index contributed by atoms with van der Waals surface area (Å²) in [6, 6.07) is 12.8. The molecule has 0 spiro atoms. The fraction of sp³-hybridized carbons (Fsp3) is 0.161. The molecule has 43 heavy (non-hydrogen) atoms. The number of rotatable bonds is 9. The molecule has 5 rings (SSSR count). The Balaban J connectivity index is 1.41. The first-order valence-corrected chi connectivity index (χ1v) is 13.3. The number of aromatic nitrogens is 5. The Hall–Kier alpha value is -5.65. The molecule has 11 nitrogen and oxygen atoms in total. The molecule has 0 aliphatic heterocycles. The lowest BCUT2D eigenvalue weighted by Gasteiger charge is -2.16. The molecule has 2 N–H and O–H groups in total. The molecule has 0 saturated carbocycles. The van der Waals surface area contributed by atoms with Crippen LogP contribution in [0.4, 0.5) is 10.1 Å². The minimum atomic E-state index is -0.829. The smallest absolute Gasteiger partial charge is 0.335 e. The number of hydrogen-bond acceptors (Lipinski definition) is 7. The molecule has 0 atom stereocenters. The number of carbonyl (C=O) groups excluding carboxylic acids is 1. The van der Waals surface area contributed by atoms with Gasteiger partial charge in [0.1, 0.15) is 22.9 Å². The summed E-state index contributed by atoms with van der Waals surface area (Å²) in [7, 11) is 1.87. The zero-order valence-electron chi connectivity index (χ0n) is 23.6. The second-order valence-corrected chi connectivity index (χ2v) is 10.0. The molecule has 3 heterocycles. The van der Waals surface area contributed by atoms with Crippen LogP contribution in [-0.2, 0) is 13.5 Å². The van der Waals surface area contributed by atoms with Gasteiger partial charge < -0.3 is 20.0 Å². The molecule has 0 unspecified atom stereocenters. The van der Waals surface area contributed by atoms with Crippen LogP contribution in [0.15, 0.2) is 89.1 Å². The number of carbonyl (C=O) groups is 1. The van der Waals surface area contributed by atoms with Crippen LogP contribution in [0.3, 0.4) is 0 Å². The summed E-state index contributed by atoms with van der Waals surface area (Å²) in [6.07, 6.45) is 7.97. The minimum Gasteiger partial charge on any atom is -0.455 e. The average Bonchev–Trinajstić information content (AvgIpc) is 3.42. The lowest BCUT2D eigenvalue weighted by atomic mass is 10.1. The topological polar surface area (TPSA) is 137 Å². The summed E-state index contributed by atoms with van der Waals surface area (Å²) in [6.45, 7) is 3.49. The summed E-state index contributed by atoms with van der Waals surface area (Å²) in [4.78, 5) is 48.4. The van der Waals surface area contributed by atoms with E-state index in [1.807, 2.05) is 17.8 Å². The van der Waals surface area contributed by atoms with Crippen molar-refractivity contribution in [2.45, 2.75) is 26.3 Å². The van der Waals surface area contributed by atoms with Gasteiger partial charge >= 0.3 is 5.69 Å². The number of hydrogen-bond donors (Lipinski definition) is 2. The molecule has 12 heteroatoms. The summed E-state index contributed by atoms with van der Waals surface area (Å²) in [5.41, 5.74) is 0.845. The highest BCUT2D eigenvalue weighted by Crippen LogP contribution is 2.29. The lowest BCUT2D eigenvalue weighted by molar-refractivity contribution is 0.102. The van der Waals surface area contributed by atoms with Crippen molar-refractivity contribution < 1.29 is 13.9 Å². The van der Waals surface area contributed by atoms with Crippen LogP contribution in [0.5, 0.6) is 11.5 Å². The van der Waals surface area contributed by atoms with Gasteiger partial charge in [-0.1, -0.05) is 0 Å². The molecule has 0 fully saturated rings. The Morgan fingerprint density at radius 1 is 1.07 bits per heavy atom. The Morgan fingerprint density at radius 2 is 1.79 bits per heavy atom. The summed E-state index contributed by atoms with van der Waals surface area (Å²) >= 11 is 0. The Bertz CT molecular complexity index is 1920. The molecule has 0 saturated heterocycles. The first-order valence-electron chi connectivity index (χ1n) is 13.3. The summed E-state index contributed by atoms with van der Waals surface area (Å²) in [5, 5.41) is 10.2. The Labute approximate surface area is 245 Å². The zero-order chi connectivity index (χ0) is 30.7. The van der Waals surface area contributed by atoms with E-state index in [9.17, 15) is 18.8 Å². The predicted molar refractivity (Wildman–Crippen MR) is 160 cm³/mol. The number of aryl methyl sites for hydroxylation is 1. The van der Waals surface area contributed by atoms with Crippen molar-refractivity contribution in [1.82, 2.24) is 23.7 Å². The maximum absolute atomic E-state index is 13.5. The first kappa shape index (κ1) is 28.9. The van der Waals surface area contributed by atoms with Crippen LogP contribution in [0.1, 0.15) is 35.9 Å². The van der Waals surface area contributed by atoms with E-state index in [1.165, 1.54) is 29.1 Å². The zero-order valence-corrected chi connectivity index (χ0v) is 23.6. The second kappa shape index (κ2) is 12.1. The lowest BCUT2D eigenvalue weighted by Crippen LogP contribution is -2.42. The van der Waals surface area contributed by atoms with Gasteiger partial charge in [-0.25, -0.2) is 18.7 Å². The fourth-order valence-corrected chi connectivity index (χ4v) is 4.36. The molecule has 0 bridgehead atoms. The molecule has 218 valence electrons. The van der Waals surface area contributed by atoms with Gasteiger partial charge in [0.15, 0.2) is 0 Å². The molecule has 0 aliphatic rings. The van der Waals surface area contributed by atoms with Crippen LogP contribution in [0, 0.1) is 11.2 Å². The van der Waals surface area contributed by atoms with E-state index in [-0.39, 0.29) is 23.7 Å². The molecule has 0 aliphatic carbocycles. The number of benzene rings is 2. The van der Waals surface area contributed by atoms with Gasteiger partial charge in [0, 0.05) is 55.6 Å². The third-order valence-electron chi connectivity index (χ3n) is 6.57. The standard InChI is InChI=1S/C31H28FN7O4/c1-19(2)38-16-25(30(41)39(31(38)42)23-8-4-21(32)5-9-23)29(40)36-22-6-10-24(11-7-22)43-28-14-20(15-34-26(28)12-13-33)27-17-37(3)18-35-27/h4-11,13-19,33H,12H2,1-3H3,(H,36,40). The van der Waals surface area contributed by atoms with E-state index in [4.69, 9.17) is 10.1 Å². The first-order chi connectivity index (χ1) is 20.6. The van der Waals surface area contributed by atoms with Crippen molar-refractivity contribution in [3.8, 4) is 28.4 Å². The quantitative estimate of drug-likeness (QED) is 0.241. The van der Waals surface area contributed by atoms with Crippen LogP contribution >= 0.6 is 0 Å².